The predicted molar refractivity (Wildman–Crippen MR) is 99.8 cm³/mol. The van der Waals surface area contributed by atoms with Gasteiger partial charge in [-0.05, 0) is 30.4 Å². The predicted octanol–water partition coefficient (Wildman–Crippen LogP) is 3.11. The summed E-state index contributed by atoms with van der Waals surface area (Å²) in [4.78, 5) is 29.6. The van der Waals surface area contributed by atoms with Crippen LogP contribution < -0.4 is 15.4 Å². The highest BCUT2D eigenvalue weighted by molar-refractivity contribution is 7.10. The SMILES string of the molecule is O=C1COc2ncc(C(=O)NCC3(c4cccs4)CCCCC3)cc2N1. The van der Waals surface area contributed by atoms with Crippen LogP contribution in [0.5, 0.6) is 5.88 Å². The van der Waals surface area contributed by atoms with Crippen LogP contribution in [0, 0.1) is 0 Å². The smallest absolute Gasteiger partial charge is 0.262 e. The summed E-state index contributed by atoms with van der Waals surface area (Å²) in [6.45, 7) is 0.571. The molecule has 0 spiro atoms. The maximum Gasteiger partial charge on any atom is 0.262 e. The molecule has 136 valence electrons. The fourth-order valence-electron chi connectivity index (χ4n) is 3.77. The molecule has 2 N–H and O–H groups in total. The second-order valence-corrected chi connectivity index (χ2v) is 7.86. The number of nitrogens with one attached hydrogen (secondary N) is 2. The third kappa shape index (κ3) is 3.31. The van der Waals surface area contributed by atoms with Crippen molar-refractivity contribution in [3.05, 3.63) is 40.2 Å². The quantitative estimate of drug-likeness (QED) is 0.865. The minimum Gasteiger partial charge on any atom is -0.466 e. The highest BCUT2D eigenvalue weighted by atomic mass is 32.1. The lowest BCUT2D eigenvalue weighted by atomic mass is 9.73. The standard InChI is InChI=1S/C19H21N3O3S/c23-16-11-25-18-14(22-16)9-13(10-20-18)17(24)21-12-19(6-2-1-3-7-19)15-5-4-8-26-15/h4-5,8-10H,1-3,6-7,11-12H2,(H,21,24)(H,22,23). The molecule has 26 heavy (non-hydrogen) atoms. The number of amides is 2. The number of fused-ring (bicyclic) bond motifs is 1. The zero-order chi connectivity index (χ0) is 18.0. The molecule has 2 amide bonds. The molecular formula is C19H21N3O3S. The topological polar surface area (TPSA) is 80.3 Å². The summed E-state index contributed by atoms with van der Waals surface area (Å²) in [5.74, 6) is -0.0687. The summed E-state index contributed by atoms with van der Waals surface area (Å²) >= 11 is 1.77. The molecule has 0 aromatic carbocycles. The van der Waals surface area contributed by atoms with Gasteiger partial charge < -0.3 is 15.4 Å². The molecule has 1 aliphatic carbocycles. The highest BCUT2D eigenvalue weighted by Gasteiger charge is 2.35. The van der Waals surface area contributed by atoms with Gasteiger partial charge in [0.15, 0.2) is 6.61 Å². The van der Waals surface area contributed by atoms with Gasteiger partial charge in [-0.3, -0.25) is 9.59 Å². The van der Waals surface area contributed by atoms with E-state index in [1.807, 2.05) is 0 Å². The number of hydrogen-bond donors (Lipinski definition) is 2. The first-order valence-corrected chi connectivity index (χ1v) is 9.79. The van der Waals surface area contributed by atoms with Gasteiger partial charge in [-0.1, -0.05) is 25.3 Å². The van der Waals surface area contributed by atoms with E-state index in [0.717, 1.165) is 12.8 Å². The second kappa shape index (κ2) is 7.07. The van der Waals surface area contributed by atoms with Gasteiger partial charge in [0, 0.05) is 23.0 Å². The molecule has 2 aromatic heterocycles. The molecule has 1 fully saturated rings. The van der Waals surface area contributed by atoms with E-state index in [-0.39, 0.29) is 23.8 Å². The summed E-state index contributed by atoms with van der Waals surface area (Å²) in [5, 5.41) is 7.88. The number of pyridine rings is 1. The molecule has 0 bridgehead atoms. The molecule has 1 saturated carbocycles. The van der Waals surface area contributed by atoms with Crippen molar-refractivity contribution in [2.24, 2.45) is 0 Å². The largest absolute Gasteiger partial charge is 0.466 e. The Morgan fingerprint density at radius 3 is 2.96 bits per heavy atom. The molecule has 0 atom stereocenters. The van der Waals surface area contributed by atoms with Gasteiger partial charge in [-0.15, -0.1) is 11.3 Å². The lowest BCUT2D eigenvalue weighted by Crippen LogP contribution is -2.41. The van der Waals surface area contributed by atoms with Crippen LogP contribution in [0.4, 0.5) is 5.69 Å². The van der Waals surface area contributed by atoms with Crippen molar-refractivity contribution in [2.45, 2.75) is 37.5 Å². The van der Waals surface area contributed by atoms with Crippen molar-refractivity contribution in [3.8, 4) is 5.88 Å². The Balaban J connectivity index is 1.49. The van der Waals surface area contributed by atoms with Gasteiger partial charge in [-0.25, -0.2) is 4.98 Å². The van der Waals surface area contributed by atoms with Crippen LogP contribution in [-0.4, -0.2) is 29.9 Å². The first-order valence-electron chi connectivity index (χ1n) is 8.91. The summed E-state index contributed by atoms with van der Waals surface area (Å²) in [5.41, 5.74) is 0.896. The molecule has 2 aliphatic rings. The molecule has 7 heteroatoms. The number of hydrogen-bond acceptors (Lipinski definition) is 5. The van der Waals surface area contributed by atoms with Gasteiger partial charge in [0.2, 0.25) is 5.88 Å². The van der Waals surface area contributed by atoms with Crippen LogP contribution in [0.2, 0.25) is 0 Å². The van der Waals surface area contributed by atoms with Crippen LogP contribution in [-0.2, 0) is 10.2 Å². The van der Waals surface area contributed by atoms with E-state index in [0.29, 0.717) is 23.7 Å². The maximum absolute atomic E-state index is 12.7. The summed E-state index contributed by atoms with van der Waals surface area (Å²) < 4.78 is 5.24. The minimum absolute atomic E-state index is 0.0288. The Kier molecular flexibility index (Phi) is 4.63. The Hall–Kier alpha value is -2.41. The third-order valence-electron chi connectivity index (χ3n) is 5.17. The lowest BCUT2D eigenvalue weighted by Gasteiger charge is -2.36. The van der Waals surface area contributed by atoms with E-state index < -0.39 is 0 Å². The molecule has 0 saturated heterocycles. The van der Waals surface area contributed by atoms with Crippen molar-refractivity contribution in [2.75, 3.05) is 18.5 Å². The van der Waals surface area contributed by atoms with Crippen molar-refractivity contribution in [1.82, 2.24) is 10.3 Å². The van der Waals surface area contributed by atoms with Gasteiger partial charge in [0.05, 0.1) is 5.56 Å². The zero-order valence-corrected chi connectivity index (χ0v) is 15.2. The van der Waals surface area contributed by atoms with Crippen LogP contribution in [0.25, 0.3) is 0 Å². The minimum atomic E-state index is -0.240. The van der Waals surface area contributed by atoms with Crippen LogP contribution in [0.3, 0.4) is 0 Å². The van der Waals surface area contributed by atoms with Crippen LogP contribution in [0.1, 0.15) is 47.3 Å². The van der Waals surface area contributed by atoms with Crippen molar-refractivity contribution in [3.63, 3.8) is 0 Å². The van der Waals surface area contributed by atoms with Gasteiger partial charge in [0.1, 0.15) is 5.69 Å². The maximum atomic E-state index is 12.7. The molecular weight excluding hydrogens is 350 g/mol. The first kappa shape index (κ1) is 17.0. The van der Waals surface area contributed by atoms with E-state index in [4.69, 9.17) is 4.74 Å². The summed E-state index contributed by atoms with van der Waals surface area (Å²) in [6.07, 6.45) is 7.33. The molecule has 0 radical (unpaired) electrons. The second-order valence-electron chi connectivity index (χ2n) is 6.91. The van der Waals surface area contributed by atoms with Crippen molar-refractivity contribution in [1.29, 1.82) is 0 Å². The Bertz CT molecular complexity index is 813. The zero-order valence-electron chi connectivity index (χ0n) is 14.4. The molecule has 6 nitrogen and oxygen atoms in total. The number of anilines is 1. The normalized spacial score (nSPS) is 18.4. The molecule has 0 unspecified atom stereocenters. The van der Waals surface area contributed by atoms with E-state index >= 15 is 0 Å². The Morgan fingerprint density at radius 2 is 2.19 bits per heavy atom. The molecule has 2 aromatic rings. The Morgan fingerprint density at radius 1 is 1.35 bits per heavy atom. The molecule has 4 rings (SSSR count). The fourth-order valence-corrected chi connectivity index (χ4v) is 4.76. The van der Waals surface area contributed by atoms with Gasteiger partial charge in [-0.2, -0.15) is 0 Å². The monoisotopic (exact) mass is 371 g/mol. The van der Waals surface area contributed by atoms with Gasteiger partial charge in [0.25, 0.3) is 11.8 Å². The molecule has 3 heterocycles. The average molecular weight is 371 g/mol. The van der Waals surface area contributed by atoms with Crippen molar-refractivity contribution >= 4 is 28.8 Å². The van der Waals surface area contributed by atoms with E-state index in [1.165, 1.54) is 30.3 Å². The van der Waals surface area contributed by atoms with Crippen molar-refractivity contribution < 1.29 is 14.3 Å². The van der Waals surface area contributed by atoms with Crippen LogP contribution in [0.15, 0.2) is 29.8 Å². The van der Waals surface area contributed by atoms with E-state index in [2.05, 4.69) is 33.1 Å². The van der Waals surface area contributed by atoms with Crippen LogP contribution >= 0.6 is 11.3 Å². The highest BCUT2D eigenvalue weighted by Crippen LogP contribution is 2.41. The third-order valence-corrected chi connectivity index (χ3v) is 6.29. The number of aromatic nitrogens is 1. The van der Waals surface area contributed by atoms with E-state index in [1.54, 1.807) is 17.4 Å². The number of rotatable bonds is 4. The lowest BCUT2D eigenvalue weighted by molar-refractivity contribution is -0.118. The van der Waals surface area contributed by atoms with E-state index in [9.17, 15) is 9.59 Å². The molecule has 1 aliphatic heterocycles. The number of thiophene rings is 1. The average Bonchev–Trinajstić information content (AvgIpc) is 3.22. The van der Waals surface area contributed by atoms with Gasteiger partial charge >= 0.3 is 0 Å². The number of nitrogens with zero attached hydrogens (tertiary/aromatic N) is 1. The fraction of sp³-hybridized carbons (Fsp3) is 0.421. The summed E-state index contributed by atoms with van der Waals surface area (Å²) in [7, 11) is 0. The Labute approximate surface area is 156 Å². The number of carbonyl (C=O) groups is 2. The number of ether oxygens (including phenoxy) is 1. The first-order chi connectivity index (χ1) is 12.7. The summed E-state index contributed by atoms with van der Waals surface area (Å²) in [6, 6.07) is 5.87. The number of carbonyl (C=O) groups excluding carboxylic acids is 2.